The van der Waals surface area contributed by atoms with E-state index in [-0.39, 0.29) is 0 Å². The Balaban J connectivity index is 0. The topological polar surface area (TPSA) is 0 Å². The van der Waals surface area contributed by atoms with Crippen LogP contribution in [0, 0.1) is 6.92 Å². The summed E-state index contributed by atoms with van der Waals surface area (Å²) in [5.74, 6) is 0. The molecule has 12 heavy (non-hydrogen) atoms. The maximum atomic E-state index is 4.97. The van der Waals surface area contributed by atoms with Crippen LogP contribution in [0.5, 0.6) is 0 Å². The van der Waals surface area contributed by atoms with Crippen LogP contribution in [0.3, 0.4) is 0 Å². The van der Waals surface area contributed by atoms with Gasteiger partial charge in [0, 0.05) is 0 Å². The third-order valence-electron chi connectivity index (χ3n) is 1.35. The van der Waals surface area contributed by atoms with E-state index < -0.39 is 14.7 Å². The molecule has 0 aliphatic heterocycles. The van der Waals surface area contributed by atoms with E-state index in [0.717, 1.165) is 6.42 Å². The van der Waals surface area contributed by atoms with Gasteiger partial charge in [0.15, 0.2) is 0 Å². The molecule has 0 radical (unpaired) electrons. The molecule has 0 aromatic carbocycles. The van der Waals surface area contributed by atoms with Gasteiger partial charge in [-0.2, -0.15) is 6.42 Å². The van der Waals surface area contributed by atoms with Crippen LogP contribution in [0.25, 0.3) is 0 Å². The maximum absolute atomic E-state index is 4.97. The van der Waals surface area contributed by atoms with Crippen molar-refractivity contribution in [2.24, 2.45) is 0 Å². The normalized spacial score (nSPS) is 8.75. The van der Waals surface area contributed by atoms with E-state index in [1.54, 1.807) is 0 Å². The molecule has 0 aromatic heterocycles. The molecule has 4 heteroatoms. The van der Waals surface area contributed by atoms with Crippen LogP contribution in [-0.4, -0.2) is 0 Å². The summed E-state index contributed by atoms with van der Waals surface area (Å²) in [7, 11) is 14.9. The second kappa shape index (κ2) is 15.1. The van der Waals surface area contributed by atoms with Gasteiger partial charge in [0.25, 0.3) is 0 Å². The molecule has 0 nitrogen and oxygen atoms in total. The Morgan fingerprint density at radius 2 is 1.42 bits per heavy atom. The Morgan fingerprint density at radius 1 is 1.00 bits per heavy atom. The van der Waals surface area contributed by atoms with Crippen LogP contribution < -0.4 is 0 Å². The second-order valence-corrected chi connectivity index (χ2v) is 10.2. The Labute approximate surface area is 94.4 Å². The molecule has 0 aliphatic rings. The third kappa shape index (κ3) is 29.9. The first-order chi connectivity index (χ1) is 5.65. The van der Waals surface area contributed by atoms with E-state index >= 15 is 0 Å². The zero-order chi connectivity index (χ0) is 9.82. The van der Waals surface area contributed by atoms with E-state index in [9.17, 15) is 0 Å². The molecule has 74 valence electrons. The quantitative estimate of drug-likeness (QED) is 0.363. The summed E-state index contributed by atoms with van der Waals surface area (Å²) in [5, 5.41) is 0. The summed E-state index contributed by atoms with van der Waals surface area (Å²) in [6.45, 7) is 6.02. The van der Waals surface area contributed by atoms with Crippen molar-refractivity contribution in [3.05, 3.63) is 6.92 Å². The van der Waals surface area contributed by atoms with Gasteiger partial charge in [-0.3, -0.25) is 0 Å². The van der Waals surface area contributed by atoms with Crippen molar-refractivity contribution in [3.8, 4) is 0 Å². The minimum absolute atomic E-state index is 1.11. The number of halogens is 3. The van der Waals surface area contributed by atoms with Gasteiger partial charge in [-0.25, -0.2) is 0 Å². The van der Waals surface area contributed by atoms with Gasteiger partial charge in [0.1, 0.15) is 0 Å². The Morgan fingerprint density at radius 3 is 1.75 bits per heavy atom. The first-order valence-corrected chi connectivity index (χ1v) is 10.7. The van der Waals surface area contributed by atoms with Crippen molar-refractivity contribution in [1.82, 2.24) is 0 Å². The van der Waals surface area contributed by atoms with Crippen LogP contribution in [0.2, 0.25) is 0 Å². The summed E-state index contributed by atoms with van der Waals surface area (Å²) in [4.78, 5) is 0. The van der Waals surface area contributed by atoms with E-state index in [1.165, 1.54) is 32.1 Å². The van der Waals surface area contributed by atoms with Gasteiger partial charge in [-0.15, -0.1) is 0 Å². The molecule has 0 amide bonds. The van der Waals surface area contributed by atoms with E-state index in [1.807, 2.05) is 0 Å². The average molecular weight is 267 g/mol. The van der Waals surface area contributed by atoms with Gasteiger partial charge in [0.05, 0.1) is 0 Å². The standard InChI is InChI=1S/C8H17.3ClH.Ti/c1-3-5-7-8-6-4-2;;;;/h1,3-8H2,2H3;3*1H;/q-1;;;;+4/p-3. The van der Waals surface area contributed by atoms with Crippen LogP contribution >= 0.6 is 27.9 Å². The van der Waals surface area contributed by atoms with Crippen molar-refractivity contribution in [3.63, 3.8) is 0 Å². The predicted molar refractivity (Wildman–Crippen MR) is 56.3 cm³/mol. The molecule has 0 atom stereocenters. The Kier molecular flexibility index (Phi) is 20.1. The molecular formula is C8H17Cl3Ti. The molecule has 0 fully saturated rings. The number of unbranched alkanes of at least 4 members (excludes halogenated alkanes) is 5. The zero-order valence-electron chi connectivity index (χ0n) is 7.58. The van der Waals surface area contributed by atoms with Crippen LogP contribution in [0.1, 0.15) is 45.4 Å². The molecule has 0 rings (SSSR count). The van der Waals surface area contributed by atoms with Crippen LogP contribution in [0.4, 0.5) is 0 Å². The molecule has 0 N–H and O–H groups in total. The van der Waals surface area contributed by atoms with Gasteiger partial charge >= 0.3 is 42.6 Å². The van der Waals surface area contributed by atoms with Crippen molar-refractivity contribution in [1.29, 1.82) is 0 Å². The molecule has 0 heterocycles. The third-order valence-corrected chi connectivity index (χ3v) is 1.35. The molecule has 0 saturated heterocycles. The monoisotopic (exact) mass is 266 g/mol. The predicted octanol–water partition coefficient (Wildman–Crippen LogP) is 5.25. The van der Waals surface area contributed by atoms with Crippen molar-refractivity contribution in [2.45, 2.75) is 45.4 Å². The molecule has 0 unspecified atom stereocenters. The zero-order valence-corrected chi connectivity index (χ0v) is 11.4. The van der Waals surface area contributed by atoms with Gasteiger partial charge < -0.3 is 6.92 Å². The second-order valence-electron chi connectivity index (χ2n) is 2.48. The molecule has 0 spiro atoms. The molecule has 0 bridgehead atoms. The average Bonchev–Trinajstić information content (AvgIpc) is 1.97. The fraction of sp³-hybridized carbons (Fsp3) is 0.875. The van der Waals surface area contributed by atoms with Crippen molar-refractivity contribution >= 4 is 27.9 Å². The van der Waals surface area contributed by atoms with Crippen molar-refractivity contribution in [2.75, 3.05) is 0 Å². The summed E-state index contributed by atoms with van der Waals surface area (Å²) in [6, 6.07) is 0. The summed E-state index contributed by atoms with van der Waals surface area (Å²) < 4.78 is 0. The SMILES string of the molecule is [CH2-]CCCCCCC.[Cl][Ti+]([Cl])[Cl]. The van der Waals surface area contributed by atoms with Gasteiger partial charge in [0.2, 0.25) is 0 Å². The minimum atomic E-state index is -1.92. The number of rotatable bonds is 5. The van der Waals surface area contributed by atoms with E-state index in [0.29, 0.717) is 0 Å². The first-order valence-electron chi connectivity index (χ1n) is 4.27. The Hall–Kier alpha value is 1.58. The van der Waals surface area contributed by atoms with Crippen LogP contribution in [0.15, 0.2) is 0 Å². The molecule has 0 aliphatic carbocycles. The fourth-order valence-corrected chi connectivity index (χ4v) is 0.780. The summed E-state index contributed by atoms with van der Waals surface area (Å²) in [6.07, 6.45) is 7.98. The summed E-state index contributed by atoms with van der Waals surface area (Å²) in [5.41, 5.74) is 0. The van der Waals surface area contributed by atoms with E-state index in [2.05, 4.69) is 13.8 Å². The fourth-order valence-electron chi connectivity index (χ4n) is 0.780. The molecular weight excluding hydrogens is 250 g/mol. The molecule has 0 aromatic rings. The first kappa shape index (κ1) is 16.0. The van der Waals surface area contributed by atoms with Gasteiger partial charge in [-0.1, -0.05) is 39.0 Å². The summed E-state index contributed by atoms with van der Waals surface area (Å²) >= 11 is -1.92. The molecule has 0 saturated carbocycles. The number of hydrogen-bond donors (Lipinski definition) is 0. The Bertz CT molecular complexity index is 60.6. The van der Waals surface area contributed by atoms with Gasteiger partial charge in [-0.05, 0) is 0 Å². The van der Waals surface area contributed by atoms with E-state index in [4.69, 9.17) is 27.9 Å². The van der Waals surface area contributed by atoms with Crippen LogP contribution in [-0.2, 0) is 14.7 Å². The number of hydrogen-bond acceptors (Lipinski definition) is 0. The van der Waals surface area contributed by atoms with Crippen molar-refractivity contribution < 1.29 is 14.7 Å².